The fourth-order valence-electron chi connectivity index (χ4n) is 2.23. The number of hydrogen-bond acceptors (Lipinski definition) is 2. The molecule has 4 rings (SSSR count). The lowest BCUT2D eigenvalue weighted by Gasteiger charge is -2.41. The van der Waals surface area contributed by atoms with E-state index in [1.165, 1.54) is 17.7 Å². The van der Waals surface area contributed by atoms with Gasteiger partial charge in [0.25, 0.3) is 0 Å². The van der Waals surface area contributed by atoms with Gasteiger partial charge in [-0.25, -0.2) is 5.06 Å². The van der Waals surface area contributed by atoms with Crippen molar-refractivity contribution in [1.82, 2.24) is 0 Å². The molecule has 2 atom stereocenters. The zero-order valence-corrected chi connectivity index (χ0v) is 8.89. The van der Waals surface area contributed by atoms with Gasteiger partial charge in [0, 0.05) is 0 Å². The molecule has 1 saturated heterocycles. The Morgan fingerprint density at radius 2 is 1.93 bits per heavy atom. The standard InChI is InChI=1S/C13H15NO/c1-10-2-4-11(5-3-10)14-12-6-8-13(15-14)9-7-12/h2-6,8,12-13H,7,9H2,1H3. The second-order valence-corrected chi connectivity index (χ2v) is 4.33. The number of fused-ring (bicyclic) bond motifs is 2. The van der Waals surface area contributed by atoms with Crippen molar-refractivity contribution >= 4 is 5.69 Å². The average molecular weight is 201 g/mol. The third-order valence-corrected chi connectivity index (χ3v) is 3.13. The van der Waals surface area contributed by atoms with Crippen molar-refractivity contribution in [2.24, 2.45) is 0 Å². The quantitative estimate of drug-likeness (QED) is 0.648. The zero-order chi connectivity index (χ0) is 10.3. The molecule has 2 nitrogen and oxygen atoms in total. The van der Waals surface area contributed by atoms with E-state index < -0.39 is 0 Å². The number of hydrogen-bond donors (Lipinski definition) is 0. The van der Waals surface area contributed by atoms with E-state index in [2.05, 4.69) is 43.3 Å². The van der Waals surface area contributed by atoms with Crippen molar-refractivity contribution in [3.63, 3.8) is 0 Å². The minimum absolute atomic E-state index is 0.288. The highest BCUT2D eigenvalue weighted by molar-refractivity contribution is 5.48. The van der Waals surface area contributed by atoms with Crippen LogP contribution in [0.3, 0.4) is 0 Å². The van der Waals surface area contributed by atoms with Gasteiger partial charge >= 0.3 is 0 Å². The van der Waals surface area contributed by atoms with Crippen LogP contribution in [-0.4, -0.2) is 12.1 Å². The maximum atomic E-state index is 5.86. The van der Waals surface area contributed by atoms with Crippen LogP contribution in [0.2, 0.25) is 0 Å². The summed E-state index contributed by atoms with van der Waals surface area (Å²) in [6.45, 7) is 2.10. The van der Waals surface area contributed by atoms with E-state index in [0.717, 1.165) is 6.42 Å². The van der Waals surface area contributed by atoms with Crippen molar-refractivity contribution < 1.29 is 4.84 Å². The first-order chi connectivity index (χ1) is 7.33. The van der Waals surface area contributed by atoms with Crippen molar-refractivity contribution in [3.8, 4) is 0 Å². The molecule has 2 heteroatoms. The summed E-state index contributed by atoms with van der Waals surface area (Å²) < 4.78 is 0. The molecule has 0 spiro atoms. The van der Waals surface area contributed by atoms with Crippen molar-refractivity contribution in [3.05, 3.63) is 42.0 Å². The number of nitrogens with zero attached hydrogens (tertiary/aromatic N) is 1. The fourth-order valence-corrected chi connectivity index (χ4v) is 2.23. The lowest BCUT2D eigenvalue weighted by Crippen LogP contribution is -2.45. The van der Waals surface area contributed by atoms with Gasteiger partial charge in [0.05, 0.1) is 11.7 Å². The normalized spacial score (nSPS) is 28.5. The summed E-state index contributed by atoms with van der Waals surface area (Å²) in [5, 5.41) is 2.05. The summed E-state index contributed by atoms with van der Waals surface area (Å²) >= 11 is 0. The number of anilines is 1. The molecule has 1 aliphatic carbocycles. The highest BCUT2D eigenvalue weighted by atomic mass is 16.7. The van der Waals surface area contributed by atoms with Gasteiger partial charge in [-0.2, -0.15) is 0 Å². The maximum absolute atomic E-state index is 5.86. The van der Waals surface area contributed by atoms with E-state index in [-0.39, 0.29) is 6.10 Å². The highest BCUT2D eigenvalue weighted by Gasteiger charge is 2.30. The van der Waals surface area contributed by atoms with Gasteiger partial charge in [-0.15, -0.1) is 0 Å². The van der Waals surface area contributed by atoms with Crippen molar-refractivity contribution in [2.75, 3.05) is 5.06 Å². The Bertz CT molecular complexity index is 382. The summed E-state index contributed by atoms with van der Waals surface area (Å²) in [6.07, 6.45) is 7.09. The zero-order valence-electron chi connectivity index (χ0n) is 8.89. The van der Waals surface area contributed by atoms with Gasteiger partial charge in [0.2, 0.25) is 0 Å². The van der Waals surface area contributed by atoms with E-state index in [9.17, 15) is 0 Å². The molecule has 3 aliphatic rings. The Kier molecular flexibility index (Phi) is 2.03. The second kappa shape index (κ2) is 3.38. The molecular weight excluding hydrogens is 186 g/mol. The minimum Gasteiger partial charge on any atom is -0.265 e. The van der Waals surface area contributed by atoms with Crippen LogP contribution in [0.5, 0.6) is 0 Å². The maximum Gasteiger partial charge on any atom is 0.104 e. The van der Waals surface area contributed by atoms with Crippen LogP contribution in [0.4, 0.5) is 5.69 Å². The number of benzene rings is 1. The monoisotopic (exact) mass is 201 g/mol. The lowest BCUT2D eigenvalue weighted by atomic mass is 9.98. The first-order valence-electron chi connectivity index (χ1n) is 5.54. The molecule has 1 aromatic rings. The molecule has 1 aromatic carbocycles. The molecule has 0 saturated carbocycles. The average Bonchev–Trinajstić information content (AvgIpc) is 2.31. The summed E-state index contributed by atoms with van der Waals surface area (Å²) in [5.74, 6) is 0. The predicted molar refractivity (Wildman–Crippen MR) is 60.7 cm³/mol. The van der Waals surface area contributed by atoms with Gasteiger partial charge < -0.3 is 0 Å². The molecule has 2 unspecified atom stereocenters. The van der Waals surface area contributed by atoms with Gasteiger partial charge in [0.1, 0.15) is 6.10 Å². The Morgan fingerprint density at radius 1 is 1.13 bits per heavy atom. The van der Waals surface area contributed by atoms with E-state index in [1.807, 2.05) is 5.06 Å². The van der Waals surface area contributed by atoms with E-state index >= 15 is 0 Å². The van der Waals surface area contributed by atoms with Crippen LogP contribution in [0.15, 0.2) is 36.4 Å². The number of aryl methyl sites for hydroxylation is 1. The first kappa shape index (κ1) is 8.98. The third kappa shape index (κ3) is 1.55. The SMILES string of the molecule is Cc1ccc(N2OC3C=CC2CC3)cc1. The Labute approximate surface area is 90.1 Å². The summed E-state index contributed by atoms with van der Waals surface area (Å²) in [5.41, 5.74) is 2.45. The van der Waals surface area contributed by atoms with Crippen LogP contribution in [-0.2, 0) is 4.84 Å². The van der Waals surface area contributed by atoms with E-state index in [4.69, 9.17) is 4.84 Å². The van der Waals surface area contributed by atoms with Crippen LogP contribution in [0, 0.1) is 6.92 Å². The molecule has 2 heterocycles. The number of hydroxylamine groups is 1. The van der Waals surface area contributed by atoms with Crippen molar-refractivity contribution in [2.45, 2.75) is 31.9 Å². The van der Waals surface area contributed by atoms with Crippen LogP contribution < -0.4 is 5.06 Å². The molecule has 0 aromatic heterocycles. The molecule has 1 fully saturated rings. The van der Waals surface area contributed by atoms with Gasteiger partial charge in [0.15, 0.2) is 0 Å². The topological polar surface area (TPSA) is 12.5 Å². The fraction of sp³-hybridized carbons (Fsp3) is 0.385. The Morgan fingerprint density at radius 3 is 2.47 bits per heavy atom. The molecule has 15 heavy (non-hydrogen) atoms. The predicted octanol–water partition coefficient (Wildman–Crippen LogP) is 2.83. The molecular formula is C13H15NO. The molecule has 0 amide bonds. The Hall–Kier alpha value is -1.28. The van der Waals surface area contributed by atoms with Gasteiger partial charge in [-0.3, -0.25) is 4.84 Å². The van der Waals surface area contributed by atoms with E-state index in [0.29, 0.717) is 6.04 Å². The third-order valence-electron chi connectivity index (χ3n) is 3.13. The molecule has 0 radical (unpaired) electrons. The molecule has 2 bridgehead atoms. The smallest absolute Gasteiger partial charge is 0.104 e. The van der Waals surface area contributed by atoms with Gasteiger partial charge in [-0.05, 0) is 31.9 Å². The summed E-state index contributed by atoms with van der Waals surface area (Å²) in [7, 11) is 0. The highest BCUT2D eigenvalue weighted by Crippen LogP contribution is 2.31. The number of rotatable bonds is 1. The summed E-state index contributed by atoms with van der Waals surface area (Å²) in [6, 6.07) is 8.95. The van der Waals surface area contributed by atoms with Crippen LogP contribution in [0.25, 0.3) is 0 Å². The molecule has 78 valence electrons. The van der Waals surface area contributed by atoms with E-state index in [1.54, 1.807) is 0 Å². The van der Waals surface area contributed by atoms with Gasteiger partial charge in [-0.1, -0.05) is 29.8 Å². The lowest BCUT2D eigenvalue weighted by molar-refractivity contribution is 0.00353. The largest absolute Gasteiger partial charge is 0.265 e. The molecule has 2 aliphatic heterocycles. The Balaban J connectivity index is 1.89. The van der Waals surface area contributed by atoms with Crippen LogP contribution >= 0.6 is 0 Å². The second-order valence-electron chi connectivity index (χ2n) is 4.33. The van der Waals surface area contributed by atoms with Crippen molar-refractivity contribution in [1.29, 1.82) is 0 Å². The molecule has 0 N–H and O–H groups in total. The van der Waals surface area contributed by atoms with Crippen LogP contribution in [0.1, 0.15) is 18.4 Å². The first-order valence-corrected chi connectivity index (χ1v) is 5.54. The summed E-state index contributed by atoms with van der Waals surface area (Å²) in [4.78, 5) is 5.86. The minimum atomic E-state index is 0.288.